The molecule has 2 aromatic carbocycles. The normalized spacial score (nSPS) is 16.4. The van der Waals surface area contributed by atoms with Crippen molar-refractivity contribution in [3.63, 3.8) is 0 Å². The maximum Gasteiger partial charge on any atom is 0.199 e. The monoisotopic (exact) mass is 470 g/mol. The van der Waals surface area contributed by atoms with Gasteiger partial charge < -0.3 is 15.0 Å². The molecule has 4 heterocycles. The lowest BCUT2D eigenvalue weighted by Gasteiger charge is -2.38. The molecule has 0 atom stereocenters. The number of fused-ring (bicyclic) bond motifs is 2. The van der Waals surface area contributed by atoms with Gasteiger partial charge in [-0.25, -0.2) is 14.5 Å². The molecule has 180 valence electrons. The molecule has 0 unspecified atom stereocenters. The van der Waals surface area contributed by atoms with Crippen LogP contribution in [0.15, 0.2) is 55.0 Å². The molecular weight excluding hydrogens is 440 g/mol. The van der Waals surface area contributed by atoms with Gasteiger partial charge in [-0.2, -0.15) is 5.10 Å². The minimum Gasteiger partial charge on any atom is -0.478 e. The van der Waals surface area contributed by atoms with Crippen molar-refractivity contribution in [3.8, 4) is 17.0 Å². The molecule has 0 aliphatic carbocycles. The van der Waals surface area contributed by atoms with E-state index in [4.69, 9.17) is 9.72 Å². The summed E-state index contributed by atoms with van der Waals surface area (Å²) < 4.78 is 7.58. The van der Waals surface area contributed by atoms with Crippen LogP contribution >= 0.6 is 0 Å². The Morgan fingerprint density at radius 3 is 2.63 bits per heavy atom. The second-order valence-corrected chi connectivity index (χ2v) is 9.31. The van der Waals surface area contributed by atoms with Crippen molar-refractivity contribution in [2.75, 3.05) is 43.1 Å². The molecule has 0 radical (unpaired) electrons. The Labute approximate surface area is 204 Å². The van der Waals surface area contributed by atoms with Gasteiger partial charge in [-0.1, -0.05) is 12.1 Å². The van der Waals surface area contributed by atoms with Gasteiger partial charge in [0.1, 0.15) is 18.8 Å². The Hall–Kier alpha value is -3.69. The number of ether oxygens (including phenoxy) is 1. The molecule has 6 rings (SSSR count). The average Bonchev–Trinajstić information content (AvgIpc) is 3.40. The van der Waals surface area contributed by atoms with Gasteiger partial charge in [0.05, 0.1) is 11.9 Å². The quantitative estimate of drug-likeness (QED) is 0.459. The van der Waals surface area contributed by atoms with Crippen LogP contribution in [0, 0.1) is 0 Å². The minimum atomic E-state index is 0.517. The number of anilines is 3. The lowest BCUT2D eigenvalue weighted by Crippen LogP contribution is -2.48. The molecule has 2 N–H and O–H groups in total. The largest absolute Gasteiger partial charge is 0.478 e. The molecule has 0 saturated carbocycles. The van der Waals surface area contributed by atoms with Gasteiger partial charge in [0, 0.05) is 61.3 Å². The molecular formula is C26H30N8O. The number of rotatable bonds is 5. The summed E-state index contributed by atoms with van der Waals surface area (Å²) in [6.45, 7) is 10.2. The summed E-state index contributed by atoms with van der Waals surface area (Å²) in [4.78, 5) is 14.1. The number of nitrogens with zero attached hydrogens (tertiary/aromatic N) is 6. The number of piperazine rings is 1. The van der Waals surface area contributed by atoms with Crippen LogP contribution in [0.1, 0.15) is 19.4 Å². The molecule has 9 nitrogen and oxygen atoms in total. The molecule has 2 aliphatic heterocycles. The van der Waals surface area contributed by atoms with Crippen LogP contribution in [0.3, 0.4) is 0 Å². The summed E-state index contributed by atoms with van der Waals surface area (Å²) in [6.07, 6.45) is 3.39. The first-order chi connectivity index (χ1) is 17.2. The van der Waals surface area contributed by atoms with Crippen LogP contribution < -0.4 is 20.3 Å². The van der Waals surface area contributed by atoms with Gasteiger partial charge in [-0.05, 0) is 44.2 Å². The maximum absolute atomic E-state index is 5.76. The van der Waals surface area contributed by atoms with Crippen LogP contribution in [0.4, 0.5) is 17.2 Å². The van der Waals surface area contributed by atoms with Crippen LogP contribution in [-0.4, -0.2) is 63.4 Å². The first-order valence-electron chi connectivity index (χ1n) is 12.2. The molecule has 2 aliphatic rings. The van der Waals surface area contributed by atoms with Crippen LogP contribution in [0.2, 0.25) is 0 Å². The van der Waals surface area contributed by atoms with E-state index in [-0.39, 0.29) is 0 Å². The molecule has 1 fully saturated rings. The highest BCUT2D eigenvalue weighted by molar-refractivity contribution is 5.74. The van der Waals surface area contributed by atoms with Crippen LogP contribution in [0.25, 0.3) is 16.9 Å². The zero-order valence-corrected chi connectivity index (χ0v) is 20.1. The summed E-state index contributed by atoms with van der Waals surface area (Å²) in [5.74, 6) is 1.56. The Kier molecular flexibility index (Phi) is 5.71. The second kappa shape index (κ2) is 9.16. The third-order valence-corrected chi connectivity index (χ3v) is 6.85. The molecule has 2 aromatic heterocycles. The second-order valence-electron chi connectivity index (χ2n) is 9.31. The van der Waals surface area contributed by atoms with Gasteiger partial charge in [0.15, 0.2) is 11.5 Å². The molecule has 4 aromatic rings. The van der Waals surface area contributed by atoms with Crippen molar-refractivity contribution < 1.29 is 4.74 Å². The summed E-state index contributed by atoms with van der Waals surface area (Å²) >= 11 is 0. The first-order valence-corrected chi connectivity index (χ1v) is 12.2. The number of aromatic nitrogens is 4. The van der Waals surface area contributed by atoms with Gasteiger partial charge >= 0.3 is 0 Å². The van der Waals surface area contributed by atoms with Crippen molar-refractivity contribution in [1.29, 1.82) is 0 Å². The fourth-order valence-electron chi connectivity index (χ4n) is 4.80. The van der Waals surface area contributed by atoms with Gasteiger partial charge in [-0.15, -0.1) is 0 Å². The number of benzene rings is 2. The highest BCUT2D eigenvalue weighted by atomic mass is 16.5. The summed E-state index contributed by atoms with van der Waals surface area (Å²) in [5.41, 5.74) is 5.89. The van der Waals surface area contributed by atoms with Crippen molar-refractivity contribution >= 4 is 22.8 Å². The summed E-state index contributed by atoms with van der Waals surface area (Å²) in [6, 6.07) is 15.3. The predicted octanol–water partition coefficient (Wildman–Crippen LogP) is 3.50. The molecule has 1 saturated heterocycles. The van der Waals surface area contributed by atoms with Crippen molar-refractivity contribution in [1.82, 2.24) is 29.8 Å². The molecule has 35 heavy (non-hydrogen) atoms. The predicted molar refractivity (Wildman–Crippen MR) is 137 cm³/mol. The zero-order chi connectivity index (χ0) is 23.8. The minimum absolute atomic E-state index is 0.517. The number of hydrogen-bond donors (Lipinski definition) is 2. The Balaban J connectivity index is 1.21. The lowest BCUT2D eigenvalue weighted by molar-refractivity contribution is 0.209. The highest BCUT2D eigenvalue weighted by Crippen LogP contribution is 2.30. The number of hydrogen-bond acceptors (Lipinski definition) is 8. The topological polar surface area (TPSA) is 82.8 Å². The van der Waals surface area contributed by atoms with E-state index in [2.05, 4.69) is 80.8 Å². The third-order valence-electron chi connectivity index (χ3n) is 6.85. The maximum atomic E-state index is 5.76. The molecule has 0 bridgehead atoms. The van der Waals surface area contributed by atoms with Crippen LogP contribution in [0.5, 0.6) is 5.75 Å². The molecule has 0 amide bonds. The number of nitrogens with one attached hydrogen (secondary N) is 2. The molecule has 0 spiro atoms. The first kappa shape index (κ1) is 21.8. The third kappa shape index (κ3) is 4.28. The van der Waals surface area contributed by atoms with Gasteiger partial charge in [0.25, 0.3) is 0 Å². The van der Waals surface area contributed by atoms with Gasteiger partial charge in [-0.3, -0.25) is 10.2 Å². The Bertz CT molecular complexity index is 1330. The van der Waals surface area contributed by atoms with E-state index in [1.807, 2.05) is 16.8 Å². The summed E-state index contributed by atoms with van der Waals surface area (Å²) in [5, 5.41) is 11.1. The average molecular weight is 471 g/mol. The van der Waals surface area contributed by atoms with E-state index in [0.717, 1.165) is 61.0 Å². The summed E-state index contributed by atoms with van der Waals surface area (Å²) in [7, 11) is 0. The van der Waals surface area contributed by atoms with E-state index < -0.39 is 0 Å². The standard InChI is InChI=1S/C26H30N8O/c1-18(2)32-9-11-33(12-10-32)22-7-5-21(6-8-22)31-25-26-29-16-30-34(26)23(15-28-25)19-3-4-20-14-27-17-35-24(20)13-19/h3-8,13,15-16,18,27H,9-12,14,17H2,1-2H3,(H,28,31). The van der Waals surface area contributed by atoms with E-state index >= 15 is 0 Å². The zero-order valence-electron chi connectivity index (χ0n) is 20.1. The van der Waals surface area contributed by atoms with E-state index in [1.54, 1.807) is 6.33 Å². The highest BCUT2D eigenvalue weighted by Gasteiger charge is 2.19. The van der Waals surface area contributed by atoms with E-state index in [0.29, 0.717) is 24.2 Å². The Morgan fingerprint density at radius 2 is 1.83 bits per heavy atom. The van der Waals surface area contributed by atoms with Gasteiger partial charge in [0.2, 0.25) is 0 Å². The van der Waals surface area contributed by atoms with Crippen LogP contribution in [-0.2, 0) is 6.54 Å². The fraction of sp³-hybridized carbons (Fsp3) is 0.346. The Morgan fingerprint density at radius 1 is 1.00 bits per heavy atom. The van der Waals surface area contributed by atoms with E-state index in [9.17, 15) is 0 Å². The fourth-order valence-corrected chi connectivity index (χ4v) is 4.80. The van der Waals surface area contributed by atoms with E-state index in [1.165, 1.54) is 5.69 Å². The lowest BCUT2D eigenvalue weighted by atomic mass is 10.1. The molecule has 9 heteroatoms. The van der Waals surface area contributed by atoms with Crippen molar-refractivity contribution in [2.45, 2.75) is 26.4 Å². The van der Waals surface area contributed by atoms with Crippen molar-refractivity contribution in [3.05, 3.63) is 60.6 Å². The van der Waals surface area contributed by atoms with Crippen molar-refractivity contribution in [2.24, 2.45) is 0 Å². The SMILES string of the molecule is CC(C)N1CCN(c2ccc(Nc3ncc(-c4ccc5c(c4)OCNC5)n4ncnc34)cc2)CC1. The smallest absolute Gasteiger partial charge is 0.199 e.